The molecule has 0 aromatic heterocycles. The predicted molar refractivity (Wildman–Crippen MR) is 68.6 cm³/mol. The molecular weight excluding hydrogens is 236 g/mol. The predicted octanol–water partition coefficient (Wildman–Crippen LogP) is 2.30. The van der Waals surface area contributed by atoms with Crippen LogP contribution in [0.1, 0.15) is 29.9 Å². The van der Waals surface area contributed by atoms with Crippen LogP contribution in [-0.2, 0) is 11.2 Å². The third kappa shape index (κ3) is 2.05. The molecule has 2 aliphatic heterocycles. The van der Waals surface area contributed by atoms with Gasteiger partial charge in [-0.3, -0.25) is 4.79 Å². The maximum atomic E-state index is 11.4. The zero-order valence-electron chi connectivity index (χ0n) is 9.55. The van der Waals surface area contributed by atoms with E-state index in [0.29, 0.717) is 17.4 Å². The third-order valence-electron chi connectivity index (χ3n) is 3.58. The Morgan fingerprint density at radius 2 is 2.24 bits per heavy atom. The van der Waals surface area contributed by atoms with Crippen molar-refractivity contribution in [1.29, 1.82) is 0 Å². The first kappa shape index (κ1) is 11.1. The zero-order valence-corrected chi connectivity index (χ0v) is 10.3. The largest absolute Gasteiger partial charge is 0.324 e. The first-order chi connectivity index (χ1) is 8.24. The van der Waals surface area contributed by atoms with Gasteiger partial charge in [-0.1, -0.05) is 17.7 Å². The first-order valence-electron chi connectivity index (χ1n) is 6.07. The molecule has 3 rings (SSSR count). The van der Waals surface area contributed by atoms with E-state index in [1.807, 2.05) is 6.07 Å². The Morgan fingerprint density at radius 3 is 3.00 bits per heavy atom. The van der Waals surface area contributed by atoms with Crippen LogP contribution in [0.25, 0.3) is 0 Å². The van der Waals surface area contributed by atoms with Gasteiger partial charge in [-0.05, 0) is 42.5 Å². The van der Waals surface area contributed by atoms with Gasteiger partial charge in [0, 0.05) is 6.54 Å². The van der Waals surface area contributed by atoms with Gasteiger partial charge in [-0.2, -0.15) is 0 Å². The molecule has 1 saturated heterocycles. The number of hydrogen-bond donors (Lipinski definition) is 2. The number of piperidine rings is 1. The second kappa shape index (κ2) is 4.31. The molecular formula is C13H15ClN2O. The fourth-order valence-corrected chi connectivity index (χ4v) is 2.99. The molecule has 1 atom stereocenters. The van der Waals surface area contributed by atoms with Crippen molar-refractivity contribution in [2.24, 2.45) is 0 Å². The number of amides is 1. The van der Waals surface area contributed by atoms with E-state index < -0.39 is 0 Å². The Morgan fingerprint density at radius 1 is 1.35 bits per heavy atom. The summed E-state index contributed by atoms with van der Waals surface area (Å²) in [6, 6.07) is 4.14. The topological polar surface area (TPSA) is 41.1 Å². The molecule has 0 radical (unpaired) electrons. The van der Waals surface area contributed by atoms with Crippen molar-refractivity contribution in [3.63, 3.8) is 0 Å². The standard InChI is InChI=1S/C13H15ClN2O/c14-11-5-9(8-2-1-3-15-7-8)4-10-6-12(17)16-13(10)11/h4-5,8,15H,1-3,6-7H2,(H,16,17). The minimum atomic E-state index is 0.0424. The molecule has 3 nitrogen and oxygen atoms in total. The lowest BCUT2D eigenvalue weighted by Crippen LogP contribution is -2.28. The van der Waals surface area contributed by atoms with Gasteiger partial charge in [0.25, 0.3) is 0 Å². The number of nitrogens with one attached hydrogen (secondary N) is 2. The highest BCUT2D eigenvalue weighted by atomic mass is 35.5. The van der Waals surface area contributed by atoms with Gasteiger partial charge in [-0.15, -0.1) is 0 Å². The molecule has 1 unspecified atom stereocenters. The van der Waals surface area contributed by atoms with Crippen LogP contribution in [-0.4, -0.2) is 19.0 Å². The summed E-state index contributed by atoms with van der Waals surface area (Å²) in [5.41, 5.74) is 3.12. The summed E-state index contributed by atoms with van der Waals surface area (Å²) in [5.74, 6) is 0.572. The van der Waals surface area contributed by atoms with Crippen LogP contribution < -0.4 is 10.6 Å². The van der Waals surface area contributed by atoms with Crippen LogP contribution in [0, 0.1) is 0 Å². The SMILES string of the molecule is O=C1Cc2cc(C3CCCNC3)cc(Cl)c2N1. The van der Waals surface area contributed by atoms with E-state index in [4.69, 9.17) is 11.6 Å². The van der Waals surface area contributed by atoms with E-state index in [-0.39, 0.29) is 5.91 Å². The minimum absolute atomic E-state index is 0.0424. The van der Waals surface area contributed by atoms with Crippen LogP contribution in [0.5, 0.6) is 0 Å². The molecule has 0 bridgehead atoms. The monoisotopic (exact) mass is 250 g/mol. The van der Waals surface area contributed by atoms with Crippen molar-refractivity contribution in [1.82, 2.24) is 5.32 Å². The highest BCUT2D eigenvalue weighted by Gasteiger charge is 2.23. The highest BCUT2D eigenvalue weighted by molar-refractivity contribution is 6.34. The smallest absolute Gasteiger partial charge is 0.228 e. The van der Waals surface area contributed by atoms with E-state index >= 15 is 0 Å². The molecule has 0 aliphatic carbocycles. The van der Waals surface area contributed by atoms with Crippen molar-refractivity contribution >= 4 is 23.2 Å². The molecule has 2 N–H and O–H groups in total. The molecule has 2 heterocycles. The van der Waals surface area contributed by atoms with Crippen molar-refractivity contribution in [2.45, 2.75) is 25.2 Å². The van der Waals surface area contributed by atoms with E-state index in [1.54, 1.807) is 0 Å². The van der Waals surface area contributed by atoms with Gasteiger partial charge in [-0.25, -0.2) is 0 Å². The molecule has 17 heavy (non-hydrogen) atoms. The van der Waals surface area contributed by atoms with Crippen molar-refractivity contribution in [3.8, 4) is 0 Å². The average Bonchev–Trinajstić information content (AvgIpc) is 2.71. The summed E-state index contributed by atoms with van der Waals surface area (Å²) in [6.45, 7) is 2.12. The number of anilines is 1. The Hall–Kier alpha value is -1.06. The Labute approximate surface area is 106 Å². The fourth-order valence-electron chi connectivity index (χ4n) is 2.69. The maximum absolute atomic E-state index is 11.4. The van der Waals surface area contributed by atoms with E-state index in [0.717, 1.165) is 24.3 Å². The van der Waals surface area contributed by atoms with E-state index in [9.17, 15) is 4.79 Å². The lowest BCUT2D eigenvalue weighted by atomic mass is 9.90. The molecule has 0 spiro atoms. The lowest BCUT2D eigenvalue weighted by molar-refractivity contribution is -0.115. The summed E-state index contributed by atoms with van der Waals surface area (Å²) < 4.78 is 0. The van der Waals surface area contributed by atoms with Gasteiger partial charge in [0.15, 0.2) is 0 Å². The van der Waals surface area contributed by atoms with Gasteiger partial charge < -0.3 is 10.6 Å². The van der Waals surface area contributed by atoms with Gasteiger partial charge in [0.2, 0.25) is 5.91 Å². The highest BCUT2D eigenvalue weighted by Crippen LogP contribution is 2.36. The quantitative estimate of drug-likeness (QED) is 0.803. The first-order valence-corrected chi connectivity index (χ1v) is 6.45. The van der Waals surface area contributed by atoms with E-state index in [1.165, 1.54) is 18.4 Å². The van der Waals surface area contributed by atoms with E-state index in [2.05, 4.69) is 16.7 Å². The minimum Gasteiger partial charge on any atom is -0.324 e. The third-order valence-corrected chi connectivity index (χ3v) is 3.88. The Kier molecular flexibility index (Phi) is 2.81. The van der Waals surface area contributed by atoms with Gasteiger partial charge in [0.05, 0.1) is 17.1 Å². The number of rotatable bonds is 1. The number of fused-ring (bicyclic) bond motifs is 1. The molecule has 1 aromatic rings. The summed E-state index contributed by atoms with van der Waals surface area (Å²) in [7, 11) is 0. The number of halogens is 1. The summed E-state index contributed by atoms with van der Waals surface area (Å²) >= 11 is 6.22. The molecule has 4 heteroatoms. The normalized spacial score (nSPS) is 23.4. The molecule has 0 saturated carbocycles. The second-order valence-corrected chi connectivity index (χ2v) is 5.21. The van der Waals surface area contributed by atoms with Crippen LogP contribution in [0.4, 0.5) is 5.69 Å². The van der Waals surface area contributed by atoms with Crippen LogP contribution in [0.3, 0.4) is 0 Å². The molecule has 1 aromatic carbocycles. The van der Waals surface area contributed by atoms with Crippen LogP contribution in [0.15, 0.2) is 12.1 Å². The van der Waals surface area contributed by atoms with Crippen LogP contribution >= 0.6 is 11.6 Å². The summed E-state index contributed by atoms with van der Waals surface area (Å²) in [4.78, 5) is 11.4. The van der Waals surface area contributed by atoms with Gasteiger partial charge in [0.1, 0.15) is 0 Å². The number of carbonyl (C=O) groups excluding carboxylic acids is 1. The van der Waals surface area contributed by atoms with Gasteiger partial charge >= 0.3 is 0 Å². The lowest BCUT2D eigenvalue weighted by Gasteiger charge is -2.23. The second-order valence-electron chi connectivity index (χ2n) is 4.81. The fraction of sp³-hybridized carbons (Fsp3) is 0.462. The Bertz CT molecular complexity index is 467. The van der Waals surface area contributed by atoms with Crippen molar-refractivity contribution < 1.29 is 4.79 Å². The summed E-state index contributed by atoms with van der Waals surface area (Å²) in [6.07, 6.45) is 2.86. The molecule has 2 aliphatic rings. The number of hydrogen-bond acceptors (Lipinski definition) is 2. The number of carbonyl (C=O) groups is 1. The molecule has 90 valence electrons. The van der Waals surface area contributed by atoms with Crippen molar-refractivity contribution in [3.05, 3.63) is 28.3 Å². The zero-order chi connectivity index (χ0) is 11.8. The average molecular weight is 251 g/mol. The Balaban J connectivity index is 1.94. The van der Waals surface area contributed by atoms with Crippen molar-refractivity contribution in [2.75, 3.05) is 18.4 Å². The van der Waals surface area contributed by atoms with Crippen LogP contribution in [0.2, 0.25) is 5.02 Å². The summed E-state index contributed by atoms with van der Waals surface area (Å²) in [5, 5.41) is 6.89. The number of benzene rings is 1. The molecule has 1 amide bonds. The molecule has 1 fully saturated rings. The maximum Gasteiger partial charge on any atom is 0.228 e.